The summed E-state index contributed by atoms with van der Waals surface area (Å²) >= 11 is 0. The number of carbonyl (C=O) groups excluding carboxylic acids is 1. The number of hydrogen-bond acceptors (Lipinski definition) is 3. The van der Waals surface area contributed by atoms with E-state index in [0.717, 1.165) is 31.3 Å². The van der Waals surface area contributed by atoms with Gasteiger partial charge < -0.3 is 9.84 Å². The van der Waals surface area contributed by atoms with Crippen molar-refractivity contribution in [2.45, 2.75) is 59.3 Å². The van der Waals surface area contributed by atoms with Gasteiger partial charge in [0.15, 0.2) is 0 Å². The van der Waals surface area contributed by atoms with E-state index in [0.29, 0.717) is 12.8 Å². The molecule has 2 unspecified atom stereocenters. The number of ether oxygens (including phenoxy) is 1. The molecule has 0 spiro atoms. The van der Waals surface area contributed by atoms with E-state index in [4.69, 9.17) is 4.74 Å². The van der Waals surface area contributed by atoms with Crippen molar-refractivity contribution in [3.63, 3.8) is 0 Å². The van der Waals surface area contributed by atoms with Gasteiger partial charge in [-0.2, -0.15) is 0 Å². The molecule has 1 aliphatic rings. The molecule has 0 fully saturated rings. The van der Waals surface area contributed by atoms with Crippen LogP contribution in [0.25, 0.3) is 0 Å². The normalized spacial score (nSPS) is 21.0. The molecular formula is C20H30O4. The van der Waals surface area contributed by atoms with Crippen molar-refractivity contribution < 1.29 is 19.4 Å². The molecule has 1 aliphatic carbocycles. The average Bonchev–Trinajstić information content (AvgIpc) is 2.53. The van der Waals surface area contributed by atoms with Crippen LogP contribution in [0.4, 0.5) is 0 Å². The molecule has 0 aromatic carbocycles. The molecule has 134 valence electrons. The summed E-state index contributed by atoms with van der Waals surface area (Å²) in [6.07, 6.45) is 11.3. The summed E-state index contributed by atoms with van der Waals surface area (Å²) in [4.78, 5) is 23.1. The van der Waals surface area contributed by atoms with Gasteiger partial charge in [0.2, 0.25) is 0 Å². The summed E-state index contributed by atoms with van der Waals surface area (Å²) in [5.74, 6) is -2.56. The monoisotopic (exact) mass is 334 g/mol. The summed E-state index contributed by atoms with van der Waals surface area (Å²) < 4.78 is 4.78. The van der Waals surface area contributed by atoms with Gasteiger partial charge in [-0.1, -0.05) is 34.9 Å². The van der Waals surface area contributed by atoms with E-state index in [9.17, 15) is 14.7 Å². The highest BCUT2D eigenvalue weighted by Crippen LogP contribution is 2.33. The number of rotatable bonds is 8. The number of carbonyl (C=O) groups is 2. The first-order valence-corrected chi connectivity index (χ1v) is 8.62. The summed E-state index contributed by atoms with van der Waals surface area (Å²) in [6, 6.07) is 0. The topological polar surface area (TPSA) is 63.6 Å². The second kappa shape index (κ2) is 10.1. The van der Waals surface area contributed by atoms with Crippen molar-refractivity contribution in [3.05, 3.63) is 34.9 Å². The number of aliphatic carboxylic acids is 1. The molecule has 2 atom stereocenters. The molecule has 4 heteroatoms. The molecule has 0 aliphatic heterocycles. The Hall–Kier alpha value is -1.84. The van der Waals surface area contributed by atoms with E-state index < -0.39 is 23.8 Å². The maximum absolute atomic E-state index is 11.9. The van der Waals surface area contributed by atoms with Crippen LogP contribution in [-0.4, -0.2) is 24.2 Å². The lowest BCUT2D eigenvalue weighted by Gasteiger charge is -2.26. The Kier molecular flexibility index (Phi) is 8.51. The predicted molar refractivity (Wildman–Crippen MR) is 95.6 cm³/mol. The van der Waals surface area contributed by atoms with Gasteiger partial charge in [0, 0.05) is 0 Å². The second-order valence-electron chi connectivity index (χ2n) is 6.79. The van der Waals surface area contributed by atoms with Crippen LogP contribution in [0, 0.1) is 11.8 Å². The molecule has 0 bridgehead atoms. The zero-order valence-corrected chi connectivity index (χ0v) is 15.3. The van der Waals surface area contributed by atoms with Crippen LogP contribution in [0.2, 0.25) is 0 Å². The molecule has 24 heavy (non-hydrogen) atoms. The van der Waals surface area contributed by atoms with E-state index in [2.05, 4.69) is 32.9 Å². The smallest absolute Gasteiger partial charge is 0.309 e. The molecule has 0 aromatic heterocycles. The third kappa shape index (κ3) is 6.73. The van der Waals surface area contributed by atoms with Gasteiger partial charge in [0.25, 0.3) is 0 Å². The van der Waals surface area contributed by atoms with Gasteiger partial charge in [-0.25, -0.2) is 0 Å². The molecule has 0 saturated heterocycles. The molecule has 4 nitrogen and oxygen atoms in total. The highest BCUT2D eigenvalue weighted by Gasteiger charge is 2.36. The lowest BCUT2D eigenvalue weighted by molar-refractivity contribution is -0.156. The summed E-state index contributed by atoms with van der Waals surface area (Å²) in [7, 11) is 1.32. The number of hydrogen-bond donors (Lipinski definition) is 1. The fourth-order valence-corrected chi connectivity index (χ4v) is 3.04. The first-order chi connectivity index (χ1) is 11.3. The minimum Gasteiger partial charge on any atom is -0.481 e. The minimum absolute atomic E-state index is 0.410. The zero-order valence-electron chi connectivity index (χ0n) is 15.3. The predicted octanol–water partition coefficient (Wildman–Crippen LogP) is 4.67. The Labute approximate surface area is 145 Å². The SMILES string of the molecule is COC(=O)C1CC(CCC=C(C)CCC=C(C)C)=CCC1C(=O)O. The van der Waals surface area contributed by atoms with Crippen molar-refractivity contribution in [1.29, 1.82) is 0 Å². The Morgan fingerprint density at radius 1 is 1.21 bits per heavy atom. The minimum atomic E-state index is -0.921. The van der Waals surface area contributed by atoms with Crippen molar-refractivity contribution in [2.24, 2.45) is 11.8 Å². The quantitative estimate of drug-likeness (QED) is 0.517. The van der Waals surface area contributed by atoms with Crippen LogP contribution in [0.5, 0.6) is 0 Å². The fourth-order valence-electron chi connectivity index (χ4n) is 3.04. The Morgan fingerprint density at radius 3 is 2.50 bits per heavy atom. The fraction of sp³-hybridized carbons (Fsp3) is 0.600. The number of carboxylic acids is 1. The van der Waals surface area contributed by atoms with Crippen LogP contribution in [0.3, 0.4) is 0 Å². The summed E-state index contributed by atoms with van der Waals surface area (Å²) in [6.45, 7) is 6.36. The second-order valence-corrected chi connectivity index (χ2v) is 6.79. The van der Waals surface area contributed by atoms with Crippen molar-refractivity contribution in [3.8, 4) is 0 Å². The first-order valence-electron chi connectivity index (χ1n) is 8.62. The van der Waals surface area contributed by atoms with Gasteiger partial charge in [0.1, 0.15) is 0 Å². The van der Waals surface area contributed by atoms with E-state index in [1.54, 1.807) is 0 Å². The van der Waals surface area contributed by atoms with Crippen molar-refractivity contribution in [2.75, 3.05) is 7.11 Å². The number of esters is 1. The van der Waals surface area contributed by atoms with E-state index in [1.165, 1.54) is 18.3 Å². The van der Waals surface area contributed by atoms with Crippen molar-refractivity contribution in [1.82, 2.24) is 0 Å². The standard InChI is InChI=1S/C20H30O4/c1-14(2)7-5-8-15(3)9-6-10-16-11-12-17(19(21)22)18(13-16)20(23)24-4/h7,9,11,17-18H,5-6,8,10,12-13H2,1-4H3,(H,21,22). The maximum Gasteiger partial charge on any atom is 0.309 e. The molecule has 0 radical (unpaired) electrons. The van der Waals surface area contributed by atoms with E-state index in [1.807, 2.05) is 6.08 Å². The molecular weight excluding hydrogens is 304 g/mol. The molecule has 0 aromatic rings. The van der Waals surface area contributed by atoms with Gasteiger partial charge in [-0.05, 0) is 59.3 Å². The Balaban J connectivity index is 2.55. The summed E-state index contributed by atoms with van der Waals surface area (Å²) in [5.41, 5.74) is 3.88. The maximum atomic E-state index is 11.9. The lowest BCUT2D eigenvalue weighted by atomic mass is 9.78. The van der Waals surface area contributed by atoms with Crippen LogP contribution < -0.4 is 0 Å². The van der Waals surface area contributed by atoms with Gasteiger partial charge in [-0.3, -0.25) is 9.59 Å². The summed E-state index contributed by atoms with van der Waals surface area (Å²) in [5, 5.41) is 9.26. The largest absolute Gasteiger partial charge is 0.481 e. The molecule has 0 heterocycles. The Bertz CT molecular complexity index is 536. The van der Waals surface area contributed by atoms with E-state index >= 15 is 0 Å². The average molecular weight is 334 g/mol. The van der Waals surface area contributed by atoms with Gasteiger partial charge in [0.05, 0.1) is 18.9 Å². The lowest BCUT2D eigenvalue weighted by Crippen LogP contribution is -2.33. The third-order valence-electron chi connectivity index (χ3n) is 4.50. The van der Waals surface area contributed by atoms with E-state index in [-0.39, 0.29) is 0 Å². The van der Waals surface area contributed by atoms with Crippen LogP contribution >= 0.6 is 0 Å². The van der Waals surface area contributed by atoms with Crippen LogP contribution in [0.15, 0.2) is 34.9 Å². The molecule has 1 rings (SSSR count). The van der Waals surface area contributed by atoms with Crippen LogP contribution in [0.1, 0.15) is 59.3 Å². The first kappa shape index (κ1) is 20.2. The zero-order chi connectivity index (χ0) is 18.1. The molecule has 0 saturated carbocycles. The van der Waals surface area contributed by atoms with Gasteiger partial charge >= 0.3 is 11.9 Å². The Morgan fingerprint density at radius 2 is 1.92 bits per heavy atom. The van der Waals surface area contributed by atoms with Crippen molar-refractivity contribution >= 4 is 11.9 Å². The number of carboxylic acid groups (broad SMARTS) is 1. The third-order valence-corrected chi connectivity index (χ3v) is 4.50. The van der Waals surface area contributed by atoms with Gasteiger partial charge in [-0.15, -0.1) is 0 Å². The highest BCUT2D eigenvalue weighted by atomic mass is 16.5. The molecule has 0 amide bonds. The number of methoxy groups -OCH3 is 1. The highest BCUT2D eigenvalue weighted by molar-refractivity contribution is 5.81. The molecule has 1 N–H and O–H groups in total. The van der Waals surface area contributed by atoms with Crippen LogP contribution in [-0.2, 0) is 14.3 Å². The number of allylic oxidation sites excluding steroid dienone is 6.